The normalized spacial score (nSPS) is 24.5. The molecule has 0 spiro atoms. The number of piperidine rings is 1. The number of nitrogens with zero attached hydrogens (tertiary/aromatic N) is 4. The van der Waals surface area contributed by atoms with E-state index in [1.54, 1.807) is 6.20 Å². The van der Waals surface area contributed by atoms with E-state index < -0.39 is 0 Å². The molecule has 3 aromatic rings. The lowest BCUT2D eigenvalue weighted by atomic mass is 9.89. The highest BCUT2D eigenvalue weighted by Gasteiger charge is 2.46. The van der Waals surface area contributed by atoms with E-state index >= 15 is 0 Å². The summed E-state index contributed by atoms with van der Waals surface area (Å²) in [5.74, 6) is 0.145. The van der Waals surface area contributed by atoms with Crippen LogP contribution in [0.3, 0.4) is 0 Å². The number of hydrogen-bond donors (Lipinski definition) is 0. The molecular weight excluding hydrogens is 456 g/mol. The number of aryl methyl sites for hydroxylation is 2. The Balaban J connectivity index is 1.15. The van der Waals surface area contributed by atoms with Crippen LogP contribution in [0, 0.1) is 13.8 Å². The molecule has 1 unspecified atom stereocenters. The number of benzene rings is 2. The molecule has 3 atom stereocenters. The lowest BCUT2D eigenvalue weighted by Gasteiger charge is -2.48. The minimum absolute atomic E-state index is 0.145. The van der Waals surface area contributed by atoms with Crippen molar-refractivity contribution < 1.29 is 4.79 Å². The van der Waals surface area contributed by atoms with E-state index in [0.29, 0.717) is 24.2 Å². The van der Waals surface area contributed by atoms with Gasteiger partial charge in [0.05, 0.1) is 17.3 Å². The van der Waals surface area contributed by atoms with Gasteiger partial charge in [-0.1, -0.05) is 60.7 Å². The van der Waals surface area contributed by atoms with E-state index in [9.17, 15) is 4.79 Å². The van der Waals surface area contributed by atoms with Gasteiger partial charge in [-0.15, -0.1) is 0 Å². The first-order valence-corrected chi connectivity index (χ1v) is 13.9. The van der Waals surface area contributed by atoms with Crippen LogP contribution in [0.5, 0.6) is 0 Å². The second-order valence-electron chi connectivity index (χ2n) is 11.1. The molecule has 6 rings (SSSR count). The minimum Gasteiger partial charge on any atom is -0.336 e. The Kier molecular flexibility index (Phi) is 6.83. The fourth-order valence-corrected chi connectivity index (χ4v) is 7.18. The van der Waals surface area contributed by atoms with Gasteiger partial charge in [-0.2, -0.15) is 0 Å². The molecule has 3 aliphatic heterocycles. The summed E-state index contributed by atoms with van der Waals surface area (Å²) in [5, 5.41) is 0. The number of piperazine rings is 1. The summed E-state index contributed by atoms with van der Waals surface area (Å²) in [4.78, 5) is 25.2. The van der Waals surface area contributed by atoms with Gasteiger partial charge in [0.2, 0.25) is 0 Å². The fraction of sp³-hybridized carbons (Fsp3) is 0.438. The molecule has 0 saturated carbocycles. The molecule has 3 aliphatic rings. The van der Waals surface area contributed by atoms with Crippen molar-refractivity contribution in [1.29, 1.82) is 0 Å². The number of carbonyl (C=O) groups is 1. The maximum atomic E-state index is 13.3. The van der Waals surface area contributed by atoms with Gasteiger partial charge in [-0.3, -0.25) is 19.6 Å². The predicted octanol–water partition coefficient (Wildman–Crippen LogP) is 5.24. The van der Waals surface area contributed by atoms with Crippen molar-refractivity contribution in [3.05, 3.63) is 101 Å². The molecule has 192 valence electrons. The molecule has 0 N–H and O–H groups in total. The first-order chi connectivity index (χ1) is 18.1. The molecule has 2 bridgehead atoms. The van der Waals surface area contributed by atoms with Crippen LogP contribution in [-0.4, -0.2) is 69.9 Å². The van der Waals surface area contributed by atoms with E-state index in [1.165, 1.54) is 36.8 Å². The molecule has 3 fully saturated rings. The highest BCUT2D eigenvalue weighted by molar-refractivity contribution is 5.96. The highest BCUT2D eigenvalue weighted by Crippen LogP contribution is 2.45. The summed E-state index contributed by atoms with van der Waals surface area (Å²) in [7, 11) is 0. The maximum Gasteiger partial charge on any atom is 0.256 e. The first kappa shape index (κ1) is 24.3. The van der Waals surface area contributed by atoms with E-state index in [-0.39, 0.29) is 5.91 Å². The zero-order valence-electron chi connectivity index (χ0n) is 22.1. The van der Waals surface area contributed by atoms with Gasteiger partial charge in [0.25, 0.3) is 5.91 Å². The van der Waals surface area contributed by atoms with E-state index in [2.05, 4.69) is 75.4 Å². The molecular formula is C32H38N4O. The third-order valence-corrected chi connectivity index (χ3v) is 8.97. The summed E-state index contributed by atoms with van der Waals surface area (Å²) < 4.78 is 0. The fourth-order valence-electron chi connectivity index (χ4n) is 7.18. The summed E-state index contributed by atoms with van der Waals surface area (Å²) in [6, 6.07) is 26.2. The average molecular weight is 495 g/mol. The summed E-state index contributed by atoms with van der Waals surface area (Å²) in [5.41, 5.74) is 5.45. The van der Waals surface area contributed by atoms with Gasteiger partial charge in [-0.05, 0) is 62.3 Å². The van der Waals surface area contributed by atoms with Gasteiger partial charge < -0.3 is 4.90 Å². The van der Waals surface area contributed by atoms with Crippen molar-refractivity contribution in [3.63, 3.8) is 0 Å². The van der Waals surface area contributed by atoms with Crippen LogP contribution in [-0.2, 0) is 0 Å². The van der Waals surface area contributed by atoms with Crippen LogP contribution < -0.4 is 0 Å². The second-order valence-corrected chi connectivity index (χ2v) is 11.1. The Morgan fingerprint density at radius 3 is 1.89 bits per heavy atom. The molecule has 5 heteroatoms. The van der Waals surface area contributed by atoms with Crippen LogP contribution in [0.1, 0.15) is 64.5 Å². The lowest BCUT2D eigenvalue weighted by Crippen LogP contribution is -2.57. The average Bonchev–Trinajstić information content (AvgIpc) is 3.17. The second kappa shape index (κ2) is 10.4. The number of pyridine rings is 1. The van der Waals surface area contributed by atoms with Gasteiger partial charge in [0, 0.05) is 50.5 Å². The molecule has 0 aliphatic carbocycles. The SMILES string of the molecule is Cc1ccnc(C)c1C(=O)N1CCN(C2C[C@H]3CC[C@@H](C2)N3C(c2ccccc2)c2ccccc2)CC1. The van der Waals surface area contributed by atoms with Crippen LogP contribution in [0.25, 0.3) is 0 Å². The Morgan fingerprint density at radius 1 is 0.784 bits per heavy atom. The third kappa shape index (κ3) is 4.71. The van der Waals surface area contributed by atoms with Crippen LogP contribution in [0.4, 0.5) is 0 Å². The summed E-state index contributed by atoms with van der Waals surface area (Å²) in [6.45, 7) is 7.50. The van der Waals surface area contributed by atoms with E-state index in [4.69, 9.17) is 0 Å². The van der Waals surface area contributed by atoms with Gasteiger partial charge in [-0.25, -0.2) is 0 Å². The number of carbonyl (C=O) groups excluding carboxylic acids is 1. The molecule has 3 saturated heterocycles. The zero-order valence-corrected chi connectivity index (χ0v) is 22.1. The predicted molar refractivity (Wildman–Crippen MR) is 148 cm³/mol. The smallest absolute Gasteiger partial charge is 0.256 e. The van der Waals surface area contributed by atoms with Gasteiger partial charge in [0.15, 0.2) is 0 Å². The molecule has 37 heavy (non-hydrogen) atoms. The van der Waals surface area contributed by atoms with Crippen LogP contribution in [0.15, 0.2) is 72.9 Å². The summed E-state index contributed by atoms with van der Waals surface area (Å²) >= 11 is 0. The Bertz CT molecular complexity index is 1150. The number of fused-ring (bicyclic) bond motifs is 2. The van der Waals surface area contributed by atoms with E-state index in [0.717, 1.165) is 43.0 Å². The minimum atomic E-state index is 0.145. The largest absolute Gasteiger partial charge is 0.336 e. The number of amides is 1. The quantitative estimate of drug-likeness (QED) is 0.486. The van der Waals surface area contributed by atoms with E-state index in [1.807, 2.05) is 24.8 Å². The molecule has 1 amide bonds. The molecule has 2 aromatic carbocycles. The third-order valence-electron chi connectivity index (χ3n) is 8.97. The lowest BCUT2D eigenvalue weighted by molar-refractivity contribution is 0.0171. The summed E-state index contributed by atoms with van der Waals surface area (Å²) in [6.07, 6.45) is 6.81. The van der Waals surface area contributed by atoms with Crippen molar-refractivity contribution in [1.82, 2.24) is 19.7 Å². The number of aromatic nitrogens is 1. The number of hydrogen-bond acceptors (Lipinski definition) is 4. The van der Waals surface area contributed by atoms with Crippen molar-refractivity contribution in [2.24, 2.45) is 0 Å². The number of rotatable bonds is 5. The highest BCUT2D eigenvalue weighted by atomic mass is 16.2. The van der Waals surface area contributed by atoms with Crippen molar-refractivity contribution in [2.45, 2.75) is 63.7 Å². The Morgan fingerprint density at radius 2 is 1.35 bits per heavy atom. The van der Waals surface area contributed by atoms with Crippen molar-refractivity contribution in [3.8, 4) is 0 Å². The Hall–Kier alpha value is -3.02. The molecule has 0 radical (unpaired) electrons. The van der Waals surface area contributed by atoms with Crippen LogP contribution >= 0.6 is 0 Å². The zero-order chi connectivity index (χ0) is 25.4. The molecule has 4 heterocycles. The first-order valence-electron chi connectivity index (χ1n) is 13.9. The van der Waals surface area contributed by atoms with Gasteiger partial charge >= 0.3 is 0 Å². The van der Waals surface area contributed by atoms with Crippen molar-refractivity contribution >= 4 is 5.91 Å². The Labute approximate surface area is 221 Å². The monoisotopic (exact) mass is 494 g/mol. The molecule has 5 nitrogen and oxygen atoms in total. The maximum absolute atomic E-state index is 13.3. The standard InChI is InChI=1S/C32H38N4O/c1-23-15-16-33-24(2)30(23)32(37)35-19-17-34(18-20-35)29-21-27-13-14-28(22-29)36(27)31(25-9-5-3-6-10-25)26-11-7-4-8-12-26/h3-12,15-16,27-29,31H,13-14,17-22H2,1-2H3/t27-,28+,29?. The van der Waals surface area contributed by atoms with Crippen LogP contribution in [0.2, 0.25) is 0 Å². The topological polar surface area (TPSA) is 39.7 Å². The van der Waals surface area contributed by atoms with Gasteiger partial charge in [0.1, 0.15) is 0 Å². The van der Waals surface area contributed by atoms with Crippen molar-refractivity contribution in [2.75, 3.05) is 26.2 Å². The molecule has 1 aromatic heterocycles.